The zero-order valence-corrected chi connectivity index (χ0v) is 8.98. The molecular formula is C8H6INS. The molecule has 0 fully saturated rings. The molecule has 0 aliphatic rings. The Morgan fingerprint density at radius 2 is 2.18 bits per heavy atom. The van der Waals surface area contributed by atoms with Gasteiger partial charge in [0.15, 0.2) is 0 Å². The van der Waals surface area contributed by atoms with Crippen molar-refractivity contribution in [1.29, 1.82) is 5.26 Å². The smallest absolute Gasteiger partial charge is 0.0994 e. The molecular weight excluding hydrogens is 269 g/mol. The molecule has 0 saturated carbocycles. The molecule has 0 aliphatic heterocycles. The molecule has 0 amide bonds. The van der Waals surface area contributed by atoms with Crippen molar-refractivity contribution in [1.82, 2.24) is 0 Å². The van der Waals surface area contributed by atoms with Gasteiger partial charge in [0, 0.05) is 8.47 Å². The molecule has 1 aromatic carbocycles. The number of hydrogen-bond donors (Lipinski definition) is 1. The lowest BCUT2D eigenvalue weighted by atomic mass is 10.1. The van der Waals surface area contributed by atoms with Gasteiger partial charge < -0.3 is 0 Å². The lowest BCUT2D eigenvalue weighted by Crippen LogP contribution is -1.84. The lowest BCUT2D eigenvalue weighted by molar-refractivity contribution is 1.30. The fourth-order valence-electron chi connectivity index (χ4n) is 0.782. The summed E-state index contributed by atoms with van der Waals surface area (Å²) in [5.74, 6) is 0. The topological polar surface area (TPSA) is 23.8 Å². The van der Waals surface area contributed by atoms with Crippen molar-refractivity contribution in [3.8, 4) is 6.07 Å². The summed E-state index contributed by atoms with van der Waals surface area (Å²) in [7, 11) is 0. The van der Waals surface area contributed by atoms with Crippen LogP contribution in [0.15, 0.2) is 17.0 Å². The van der Waals surface area contributed by atoms with Crippen molar-refractivity contribution in [2.45, 2.75) is 11.8 Å². The van der Waals surface area contributed by atoms with Crippen LogP contribution in [0, 0.1) is 21.8 Å². The second kappa shape index (κ2) is 3.46. The van der Waals surface area contributed by atoms with Gasteiger partial charge in [0.25, 0.3) is 0 Å². The molecule has 0 N–H and O–H groups in total. The van der Waals surface area contributed by atoms with Gasteiger partial charge in [-0.15, -0.1) is 12.6 Å². The maximum atomic E-state index is 8.65. The van der Waals surface area contributed by atoms with E-state index in [-0.39, 0.29) is 0 Å². The van der Waals surface area contributed by atoms with Gasteiger partial charge in [-0.05, 0) is 47.2 Å². The quantitative estimate of drug-likeness (QED) is 0.571. The van der Waals surface area contributed by atoms with E-state index in [0.29, 0.717) is 5.56 Å². The van der Waals surface area contributed by atoms with Crippen molar-refractivity contribution in [2.24, 2.45) is 0 Å². The molecule has 0 unspecified atom stereocenters. The van der Waals surface area contributed by atoms with Crippen LogP contribution >= 0.6 is 35.2 Å². The summed E-state index contributed by atoms with van der Waals surface area (Å²) in [6.45, 7) is 1.92. The van der Waals surface area contributed by atoms with Crippen LogP contribution in [0.25, 0.3) is 0 Å². The summed E-state index contributed by atoms with van der Waals surface area (Å²) in [5.41, 5.74) is 1.71. The van der Waals surface area contributed by atoms with E-state index in [1.54, 1.807) is 6.07 Å². The average molecular weight is 275 g/mol. The van der Waals surface area contributed by atoms with Crippen LogP contribution in [0.5, 0.6) is 0 Å². The van der Waals surface area contributed by atoms with E-state index in [1.165, 1.54) is 0 Å². The molecule has 0 saturated heterocycles. The van der Waals surface area contributed by atoms with Gasteiger partial charge in [-0.25, -0.2) is 0 Å². The number of benzene rings is 1. The molecule has 0 aliphatic carbocycles. The van der Waals surface area contributed by atoms with Gasteiger partial charge in [-0.3, -0.25) is 0 Å². The molecule has 1 nitrogen and oxygen atoms in total. The van der Waals surface area contributed by atoms with E-state index in [1.807, 2.05) is 13.0 Å². The molecule has 0 spiro atoms. The predicted molar refractivity (Wildman–Crippen MR) is 55.9 cm³/mol. The normalized spacial score (nSPS) is 9.27. The maximum absolute atomic E-state index is 8.65. The number of hydrogen-bond acceptors (Lipinski definition) is 2. The number of rotatable bonds is 0. The fraction of sp³-hybridized carbons (Fsp3) is 0.125. The Hall–Kier alpha value is -0.210. The lowest BCUT2D eigenvalue weighted by Gasteiger charge is -2.00. The number of thiol groups is 1. The van der Waals surface area contributed by atoms with Gasteiger partial charge in [-0.1, -0.05) is 0 Å². The highest BCUT2D eigenvalue weighted by Gasteiger charge is 2.00. The van der Waals surface area contributed by atoms with Gasteiger partial charge in [0.05, 0.1) is 11.6 Å². The number of aryl methyl sites for hydroxylation is 1. The molecule has 3 heteroatoms. The van der Waals surface area contributed by atoms with Crippen molar-refractivity contribution in [3.05, 3.63) is 26.8 Å². The van der Waals surface area contributed by atoms with Gasteiger partial charge in [-0.2, -0.15) is 5.26 Å². The van der Waals surface area contributed by atoms with E-state index >= 15 is 0 Å². The molecule has 11 heavy (non-hydrogen) atoms. The summed E-state index contributed by atoms with van der Waals surface area (Å²) in [6.07, 6.45) is 0. The Balaban J connectivity index is 3.35. The number of nitrogens with zero attached hydrogens (tertiary/aromatic N) is 1. The summed E-state index contributed by atoms with van der Waals surface area (Å²) in [5, 5.41) is 8.65. The molecule has 0 aromatic heterocycles. The first-order valence-electron chi connectivity index (χ1n) is 3.04. The molecule has 0 atom stereocenters. The Bertz CT molecular complexity index is 328. The highest BCUT2D eigenvalue weighted by Crippen LogP contribution is 2.20. The summed E-state index contributed by atoms with van der Waals surface area (Å²) < 4.78 is 1.09. The Morgan fingerprint density at radius 3 is 2.73 bits per heavy atom. The van der Waals surface area contributed by atoms with E-state index in [0.717, 1.165) is 14.0 Å². The monoisotopic (exact) mass is 275 g/mol. The third-order valence-corrected chi connectivity index (χ3v) is 3.10. The Morgan fingerprint density at radius 1 is 1.55 bits per heavy atom. The first-order valence-corrected chi connectivity index (χ1v) is 4.57. The third-order valence-electron chi connectivity index (χ3n) is 1.41. The summed E-state index contributed by atoms with van der Waals surface area (Å²) >= 11 is 6.41. The highest BCUT2D eigenvalue weighted by molar-refractivity contribution is 14.1. The van der Waals surface area contributed by atoms with Gasteiger partial charge >= 0.3 is 0 Å². The van der Waals surface area contributed by atoms with Crippen LogP contribution in [0.2, 0.25) is 0 Å². The minimum absolute atomic E-state index is 0.704. The highest BCUT2D eigenvalue weighted by atomic mass is 127. The van der Waals surface area contributed by atoms with Crippen LogP contribution in [0.3, 0.4) is 0 Å². The largest absolute Gasteiger partial charge is 0.192 e. The van der Waals surface area contributed by atoms with Crippen molar-refractivity contribution in [3.63, 3.8) is 0 Å². The summed E-state index contributed by atoms with van der Waals surface area (Å²) in [6, 6.07) is 5.86. The van der Waals surface area contributed by atoms with Crippen LogP contribution in [0.4, 0.5) is 0 Å². The zero-order valence-electron chi connectivity index (χ0n) is 5.93. The first kappa shape index (κ1) is 8.88. The number of nitriles is 1. The maximum Gasteiger partial charge on any atom is 0.0994 e. The van der Waals surface area contributed by atoms with Crippen LogP contribution in [0.1, 0.15) is 11.1 Å². The average Bonchev–Trinajstić information content (AvgIpc) is 1.97. The molecule has 0 radical (unpaired) electrons. The van der Waals surface area contributed by atoms with Gasteiger partial charge in [0.1, 0.15) is 0 Å². The molecule has 0 bridgehead atoms. The molecule has 1 rings (SSSR count). The molecule has 0 heterocycles. The van der Waals surface area contributed by atoms with Crippen LogP contribution in [-0.4, -0.2) is 0 Å². The zero-order chi connectivity index (χ0) is 8.43. The van der Waals surface area contributed by atoms with Crippen LogP contribution in [-0.2, 0) is 0 Å². The minimum atomic E-state index is 0.704. The second-order valence-electron chi connectivity index (χ2n) is 2.23. The van der Waals surface area contributed by atoms with E-state index in [4.69, 9.17) is 5.26 Å². The van der Waals surface area contributed by atoms with E-state index in [9.17, 15) is 0 Å². The standard InChI is InChI=1S/C8H6INS/c1-5-2-7(9)8(11)3-6(5)4-10/h2-3,11H,1H3. The van der Waals surface area contributed by atoms with Crippen LogP contribution < -0.4 is 0 Å². The fourth-order valence-corrected chi connectivity index (χ4v) is 1.60. The summed E-state index contributed by atoms with van der Waals surface area (Å²) in [4.78, 5) is 0.868. The van der Waals surface area contributed by atoms with Crippen molar-refractivity contribution in [2.75, 3.05) is 0 Å². The Labute approximate surface area is 85.0 Å². The number of halogens is 1. The van der Waals surface area contributed by atoms with Gasteiger partial charge in [0.2, 0.25) is 0 Å². The molecule has 1 aromatic rings. The predicted octanol–water partition coefficient (Wildman–Crippen LogP) is 2.76. The Kier molecular flexibility index (Phi) is 2.79. The third kappa shape index (κ3) is 1.88. The van der Waals surface area contributed by atoms with E-state index in [2.05, 4.69) is 41.3 Å². The minimum Gasteiger partial charge on any atom is -0.192 e. The first-order chi connectivity index (χ1) is 5.15. The van der Waals surface area contributed by atoms with Crippen molar-refractivity contribution >= 4 is 35.2 Å². The molecule has 56 valence electrons. The van der Waals surface area contributed by atoms with E-state index < -0.39 is 0 Å². The van der Waals surface area contributed by atoms with Crippen molar-refractivity contribution < 1.29 is 0 Å². The SMILES string of the molecule is Cc1cc(I)c(S)cc1C#N. The second-order valence-corrected chi connectivity index (χ2v) is 3.87.